The van der Waals surface area contributed by atoms with E-state index in [4.69, 9.17) is 9.47 Å². The second kappa shape index (κ2) is 9.63. The first-order chi connectivity index (χ1) is 14.8. The highest BCUT2D eigenvalue weighted by Gasteiger charge is 2.37. The van der Waals surface area contributed by atoms with E-state index in [1.54, 1.807) is 18.7 Å². The molecule has 2 atom stereocenters. The van der Waals surface area contributed by atoms with Crippen LogP contribution in [0.25, 0.3) is 0 Å². The smallest absolute Gasteiger partial charge is 0.338 e. The minimum atomic E-state index is -0.625. The maximum absolute atomic E-state index is 12.6. The molecule has 1 aromatic rings. The first-order valence-electron chi connectivity index (χ1n) is 10.4. The van der Waals surface area contributed by atoms with E-state index in [-0.39, 0.29) is 43.4 Å². The van der Waals surface area contributed by atoms with Gasteiger partial charge in [0.2, 0.25) is 5.91 Å². The summed E-state index contributed by atoms with van der Waals surface area (Å²) in [7, 11) is 0. The molecular formula is C22H27N3O6. The molecule has 3 rings (SSSR count). The molecule has 2 aliphatic heterocycles. The number of hydrogen-bond acceptors (Lipinski definition) is 6. The van der Waals surface area contributed by atoms with Gasteiger partial charge in [0, 0.05) is 18.7 Å². The van der Waals surface area contributed by atoms with Gasteiger partial charge in [0.05, 0.1) is 29.8 Å². The predicted octanol–water partition coefficient (Wildman–Crippen LogP) is 1.66. The molecule has 166 valence electrons. The fourth-order valence-corrected chi connectivity index (χ4v) is 3.68. The summed E-state index contributed by atoms with van der Waals surface area (Å²) in [6, 6.07) is 6.57. The maximum Gasteiger partial charge on any atom is 0.338 e. The van der Waals surface area contributed by atoms with Crippen LogP contribution in [0.2, 0.25) is 0 Å². The molecule has 2 N–H and O–H groups in total. The van der Waals surface area contributed by atoms with Crippen LogP contribution in [0.15, 0.2) is 35.5 Å². The van der Waals surface area contributed by atoms with Crippen molar-refractivity contribution in [3.63, 3.8) is 0 Å². The van der Waals surface area contributed by atoms with Gasteiger partial charge in [-0.15, -0.1) is 0 Å². The number of carbonyl (C=O) groups excluding carboxylic acids is 4. The minimum Gasteiger partial charge on any atom is -0.463 e. The number of benzene rings is 1. The average Bonchev–Trinajstić information content (AvgIpc) is 3.13. The Labute approximate surface area is 180 Å². The van der Waals surface area contributed by atoms with E-state index < -0.39 is 29.9 Å². The number of hydrogen-bond donors (Lipinski definition) is 2. The molecule has 2 heterocycles. The van der Waals surface area contributed by atoms with Gasteiger partial charge in [-0.2, -0.15) is 0 Å². The minimum absolute atomic E-state index is 0.0441. The quantitative estimate of drug-likeness (QED) is 0.638. The second-order valence-corrected chi connectivity index (χ2v) is 7.47. The number of nitrogens with zero attached hydrogens (tertiary/aromatic N) is 1. The third kappa shape index (κ3) is 5.04. The number of carbonyl (C=O) groups is 4. The number of rotatable bonds is 7. The molecule has 3 amide bonds. The van der Waals surface area contributed by atoms with Crippen molar-refractivity contribution in [1.29, 1.82) is 0 Å². The molecule has 0 saturated carbocycles. The van der Waals surface area contributed by atoms with Crippen molar-refractivity contribution in [2.24, 2.45) is 5.92 Å². The third-order valence-corrected chi connectivity index (χ3v) is 5.34. The molecule has 2 aliphatic rings. The largest absolute Gasteiger partial charge is 0.463 e. The second-order valence-electron chi connectivity index (χ2n) is 7.47. The Kier molecular flexibility index (Phi) is 6.94. The zero-order valence-corrected chi connectivity index (χ0v) is 17.9. The van der Waals surface area contributed by atoms with Crippen LogP contribution in [0.1, 0.15) is 32.8 Å². The SMILES string of the molecule is CCOC(=O)C1=C(COC(=O)[C@@H]2CC(=O)N(c3ccc(CC)cc3)C2)NC(=O)N[C@@H]1C. The summed E-state index contributed by atoms with van der Waals surface area (Å²) in [6.07, 6.45) is 0.944. The molecule has 0 bridgehead atoms. The predicted molar refractivity (Wildman–Crippen MR) is 112 cm³/mol. The Balaban J connectivity index is 1.66. The van der Waals surface area contributed by atoms with Gasteiger partial charge in [0.1, 0.15) is 6.61 Å². The van der Waals surface area contributed by atoms with E-state index in [0.717, 1.165) is 17.7 Å². The lowest BCUT2D eigenvalue weighted by atomic mass is 10.0. The molecule has 0 unspecified atom stereocenters. The molecule has 1 aromatic carbocycles. The summed E-state index contributed by atoms with van der Waals surface area (Å²) < 4.78 is 10.4. The lowest BCUT2D eigenvalue weighted by molar-refractivity contribution is -0.147. The normalized spacial score (nSPS) is 20.9. The molecule has 1 fully saturated rings. The van der Waals surface area contributed by atoms with Gasteiger partial charge in [-0.1, -0.05) is 19.1 Å². The van der Waals surface area contributed by atoms with Gasteiger partial charge in [-0.3, -0.25) is 9.59 Å². The molecule has 9 heteroatoms. The standard InChI is InChI=1S/C22H27N3O6/c1-4-14-6-8-16(9-7-14)25-11-15(10-18(25)26)20(27)31-12-17-19(21(28)30-5-2)13(3)23-22(29)24-17/h6-9,13,15H,4-5,10-12H2,1-3H3,(H2,23,24,29)/t13-,15-/m1/s1. The number of anilines is 1. The van der Waals surface area contributed by atoms with E-state index in [2.05, 4.69) is 17.6 Å². The van der Waals surface area contributed by atoms with E-state index in [1.165, 1.54) is 0 Å². The van der Waals surface area contributed by atoms with Crippen LogP contribution in [0.4, 0.5) is 10.5 Å². The van der Waals surface area contributed by atoms with Crippen LogP contribution in [0, 0.1) is 5.92 Å². The Hall–Kier alpha value is -3.36. The van der Waals surface area contributed by atoms with Crippen molar-refractivity contribution < 1.29 is 28.7 Å². The van der Waals surface area contributed by atoms with Gasteiger partial charge in [-0.05, 0) is 38.0 Å². The van der Waals surface area contributed by atoms with Crippen LogP contribution < -0.4 is 15.5 Å². The van der Waals surface area contributed by atoms with E-state index >= 15 is 0 Å². The van der Waals surface area contributed by atoms with Crippen LogP contribution in [-0.2, 0) is 30.3 Å². The number of ether oxygens (including phenoxy) is 2. The summed E-state index contributed by atoms with van der Waals surface area (Å²) >= 11 is 0. The summed E-state index contributed by atoms with van der Waals surface area (Å²) in [5.41, 5.74) is 2.29. The van der Waals surface area contributed by atoms with E-state index in [9.17, 15) is 19.2 Å². The number of amides is 3. The van der Waals surface area contributed by atoms with Crippen molar-refractivity contribution in [1.82, 2.24) is 10.6 Å². The highest BCUT2D eigenvalue weighted by atomic mass is 16.5. The van der Waals surface area contributed by atoms with Gasteiger partial charge in [0.15, 0.2) is 0 Å². The van der Waals surface area contributed by atoms with Crippen LogP contribution >= 0.6 is 0 Å². The van der Waals surface area contributed by atoms with E-state index in [1.807, 2.05) is 24.3 Å². The van der Waals surface area contributed by atoms with Gasteiger partial charge in [0.25, 0.3) is 0 Å². The van der Waals surface area contributed by atoms with Crippen molar-refractivity contribution >= 4 is 29.6 Å². The Bertz CT molecular complexity index is 908. The average molecular weight is 429 g/mol. The fraction of sp³-hybridized carbons (Fsp3) is 0.455. The Morgan fingerprint density at radius 1 is 1.13 bits per heavy atom. The summed E-state index contributed by atoms with van der Waals surface area (Å²) in [4.78, 5) is 50.7. The van der Waals surface area contributed by atoms with Gasteiger partial charge in [-0.25, -0.2) is 9.59 Å². The molecule has 1 saturated heterocycles. The number of aryl methyl sites for hydroxylation is 1. The summed E-state index contributed by atoms with van der Waals surface area (Å²) in [5.74, 6) is -1.93. The lowest BCUT2D eigenvalue weighted by Crippen LogP contribution is -2.50. The van der Waals surface area contributed by atoms with Crippen molar-refractivity contribution in [2.75, 3.05) is 24.7 Å². The molecule has 0 spiro atoms. The first-order valence-corrected chi connectivity index (χ1v) is 10.4. The number of esters is 2. The molecule has 31 heavy (non-hydrogen) atoms. The summed E-state index contributed by atoms with van der Waals surface area (Å²) in [6.45, 7) is 5.48. The van der Waals surface area contributed by atoms with Crippen molar-refractivity contribution in [3.8, 4) is 0 Å². The fourth-order valence-electron chi connectivity index (χ4n) is 3.68. The highest BCUT2D eigenvalue weighted by molar-refractivity contribution is 5.99. The van der Waals surface area contributed by atoms with Crippen LogP contribution in [-0.4, -0.2) is 49.7 Å². The van der Waals surface area contributed by atoms with Gasteiger partial charge >= 0.3 is 18.0 Å². The topological polar surface area (TPSA) is 114 Å². The van der Waals surface area contributed by atoms with Crippen LogP contribution in [0.3, 0.4) is 0 Å². The zero-order valence-electron chi connectivity index (χ0n) is 17.9. The monoisotopic (exact) mass is 429 g/mol. The molecule has 0 aromatic heterocycles. The number of nitrogens with one attached hydrogen (secondary N) is 2. The van der Waals surface area contributed by atoms with Crippen molar-refractivity contribution in [3.05, 3.63) is 41.1 Å². The maximum atomic E-state index is 12.6. The molecule has 0 radical (unpaired) electrons. The zero-order chi connectivity index (χ0) is 22.5. The lowest BCUT2D eigenvalue weighted by Gasteiger charge is -2.26. The highest BCUT2D eigenvalue weighted by Crippen LogP contribution is 2.26. The third-order valence-electron chi connectivity index (χ3n) is 5.34. The Morgan fingerprint density at radius 3 is 2.48 bits per heavy atom. The molecule has 0 aliphatic carbocycles. The van der Waals surface area contributed by atoms with Gasteiger partial charge < -0.3 is 25.0 Å². The molecular weight excluding hydrogens is 402 g/mol. The van der Waals surface area contributed by atoms with Crippen LogP contribution in [0.5, 0.6) is 0 Å². The summed E-state index contributed by atoms with van der Waals surface area (Å²) in [5, 5.41) is 5.09. The van der Waals surface area contributed by atoms with Crippen molar-refractivity contribution in [2.45, 2.75) is 39.7 Å². The molecule has 9 nitrogen and oxygen atoms in total. The van der Waals surface area contributed by atoms with E-state index in [0.29, 0.717) is 0 Å². The number of urea groups is 1. The first kappa shape index (κ1) is 22.3. The Morgan fingerprint density at radius 2 is 1.84 bits per heavy atom.